The maximum Gasteiger partial charge on any atom is 0.338 e. The predicted molar refractivity (Wildman–Crippen MR) is 171 cm³/mol. The van der Waals surface area contributed by atoms with Crippen molar-refractivity contribution in [1.82, 2.24) is 0 Å². The lowest BCUT2D eigenvalue weighted by Crippen LogP contribution is -2.12. The molecule has 11 nitrogen and oxygen atoms in total. The van der Waals surface area contributed by atoms with Gasteiger partial charge in [-0.3, -0.25) is 9.35 Å². The van der Waals surface area contributed by atoms with Gasteiger partial charge in [0.05, 0.1) is 35.1 Å². The first-order valence-corrected chi connectivity index (χ1v) is 17.1. The summed E-state index contributed by atoms with van der Waals surface area (Å²) in [6.45, 7) is 2.63. The molecule has 0 amide bonds. The summed E-state index contributed by atoms with van der Waals surface area (Å²) in [6, 6.07) is 8.62. The fourth-order valence-electron chi connectivity index (χ4n) is 4.21. The summed E-state index contributed by atoms with van der Waals surface area (Å²) in [5, 5.41) is 21.3. The lowest BCUT2D eigenvalue weighted by molar-refractivity contribution is -0.144. The molecule has 0 saturated heterocycles. The molecule has 3 N–H and O–H groups in total. The van der Waals surface area contributed by atoms with Gasteiger partial charge in [0.1, 0.15) is 23.7 Å². The highest BCUT2D eigenvalue weighted by Gasteiger charge is 2.13. The molecule has 44 heavy (non-hydrogen) atoms. The third kappa shape index (κ3) is 16.0. The summed E-state index contributed by atoms with van der Waals surface area (Å²) >= 11 is 6.24. The average Bonchev–Trinajstić information content (AvgIpc) is 2.97. The highest BCUT2D eigenvalue weighted by Crippen LogP contribution is 2.33. The summed E-state index contributed by atoms with van der Waals surface area (Å²) in [4.78, 5) is 24.5. The molecule has 0 aliphatic rings. The number of nitrogens with one attached hydrogen (secondary N) is 1. The van der Waals surface area contributed by atoms with Crippen LogP contribution >= 0.6 is 11.6 Å². The molecule has 0 radical (unpaired) electrons. The minimum Gasteiger partial charge on any atom is -0.508 e. The van der Waals surface area contributed by atoms with E-state index in [1.54, 1.807) is 0 Å². The number of ether oxygens (including phenoxy) is 2. The monoisotopic (exact) mass is 653 g/mol. The van der Waals surface area contributed by atoms with E-state index in [1.165, 1.54) is 81.3 Å². The van der Waals surface area contributed by atoms with Crippen LogP contribution in [-0.4, -0.2) is 55.5 Å². The van der Waals surface area contributed by atoms with Gasteiger partial charge in [-0.05, 0) is 43.2 Å². The van der Waals surface area contributed by atoms with Crippen molar-refractivity contribution < 1.29 is 37.1 Å². The number of azo groups is 1. The van der Waals surface area contributed by atoms with Gasteiger partial charge in [0.15, 0.2) is 0 Å². The molecule has 2 aromatic carbocycles. The van der Waals surface area contributed by atoms with Crippen LogP contribution in [0.4, 0.5) is 17.1 Å². The third-order valence-electron chi connectivity index (χ3n) is 6.62. The van der Waals surface area contributed by atoms with Crippen molar-refractivity contribution in [2.75, 3.05) is 30.8 Å². The van der Waals surface area contributed by atoms with Crippen molar-refractivity contribution in [3.05, 3.63) is 47.0 Å². The molecule has 2 rings (SSSR count). The maximum absolute atomic E-state index is 12.5. The van der Waals surface area contributed by atoms with Crippen molar-refractivity contribution in [1.29, 1.82) is 0 Å². The number of carbonyl (C=O) groups is 2. The third-order valence-corrected chi connectivity index (χ3v) is 7.75. The van der Waals surface area contributed by atoms with Crippen LogP contribution in [0.25, 0.3) is 0 Å². The van der Waals surface area contributed by atoms with Gasteiger partial charge in [0.25, 0.3) is 10.1 Å². The molecule has 0 aliphatic carbocycles. The summed E-state index contributed by atoms with van der Waals surface area (Å²) in [5.41, 5.74) is 1.03. The standard InChI is InChI=1S/C31H44ClN3O8S/c1-2-3-4-5-6-7-8-9-10-11-19-42-30(37)17-20-43-31(38)24-13-15-26(32)28(22-24)35-34-27-16-14-25(36)23-29(27)33-18-12-21-44(39,40)41/h13-16,22-23,33,36H,2-12,17-21H2,1H3,(H,39,40,41). The van der Waals surface area contributed by atoms with E-state index >= 15 is 0 Å². The van der Waals surface area contributed by atoms with Gasteiger partial charge in [-0.1, -0.05) is 76.3 Å². The summed E-state index contributed by atoms with van der Waals surface area (Å²) in [7, 11) is -4.09. The molecule has 0 spiro atoms. The Labute approximate surface area is 265 Å². The zero-order valence-corrected chi connectivity index (χ0v) is 26.9. The molecule has 0 saturated carbocycles. The minimum absolute atomic E-state index is 0.0494. The number of carbonyl (C=O) groups excluding carboxylic acids is 2. The predicted octanol–water partition coefficient (Wildman–Crippen LogP) is 8.16. The second-order valence-electron chi connectivity index (χ2n) is 10.4. The molecule has 0 atom stereocenters. The number of benzene rings is 2. The number of aromatic hydroxyl groups is 1. The highest BCUT2D eigenvalue weighted by molar-refractivity contribution is 7.85. The Hall–Kier alpha value is -3.22. The van der Waals surface area contributed by atoms with Crippen LogP contribution in [0.2, 0.25) is 5.02 Å². The fraction of sp³-hybridized carbons (Fsp3) is 0.548. The van der Waals surface area contributed by atoms with Crippen molar-refractivity contribution in [3.8, 4) is 5.75 Å². The largest absolute Gasteiger partial charge is 0.508 e. The van der Waals surface area contributed by atoms with E-state index < -0.39 is 27.8 Å². The number of rotatable bonds is 22. The first-order chi connectivity index (χ1) is 21.1. The van der Waals surface area contributed by atoms with Crippen LogP contribution in [0, 0.1) is 0 Å². The Balaban J connectivity index is 1.77. The van der Waals surface area contributed by atoms with Gasteiger partial charge in [-0.15, -0.1) is 10.2 Å². The number of hydrogen-bond donors (Lipinski definition) is 3. The number of esters is 2. The second-order valence-corrected chi connectivity index (χ2v) is 12.4. The Morgan fingerprint density at radius 3 is 2.18 bits per heavy atom. The Kier molecular flexibility index (Phi) is 17.4. The molecular formula is C31H44ClN3O8S. The Morgan fingerprint density at radius 2 is 1.50 bits per heavy atom. The topological polar surface area (TPSA) is 164 Å². The van der Waals surface area contributed by atoms with Crippen LogP contribution in [-0.2, 0) is 24.4 Å². The minimum atomic E-state index is -4.09. The van der Waals surface area contributed by atoms with E-state index in [9.17, 15) is 23.1 Å². The first kappa shape index (κ1) is 37.0. The van der Waals surface area contributed by atoms with Crippen molar-refractivity contribution in [2.24, 2.45) is 10.2 Å². The first-order valence-electron chi connectivity index (χ1n) is 15.1. The number of unbranched alkanes of at least 4 members (excludes halogenated alkanes) is 9. The SMILES string of the molecule is CCCCCCCCCCCCOC(=O)CCOC(=O)c1ccc(Cl)c(N=Nc2ccc(O)cc2NCCCS(=O)(=O)O)c1. The number of nitrogens with zero attached hydrogens (tertiary/aromatic N) is 2. The molecule has 0 unspecified atom stereocenters. The Bertz CT molecular complexity index is 1320. The molecule has 0 bridgehead atoms. The van der Waals surface area contributed by atoms with Crippen molar-refractivity contribution in [2.45, 2.75) is 84.0 Å². The van der Waals surface area contributed by atoms with E-state index in [4.69, 9.17) is 25.6 Å². The molecule has 13 heteroatoms. The fourth-order valence-corrected chi connectivity index (χ4v) is 4.88. The number of halogens is 1. The number of hydrogen-bond acceptors (Lipinski definition) is 10. The smallest absolute Gasteiger partial charge is 0.338 e. The quantitative estimate of drug-likeness (QED) is 0.0492. The summed E-state index contributed by atoms with van der Waals surface area (Å²) < 4.78 is 41.2. The van der Waals surface area contributed by atoms with Crippen LogP contribution in [0.1, 0.15) is 94.3 Å². The lowest BCUT2D eigenvalue weighted by atomic mass is 10.1. The molecule has 0 aliphatic heterocycles. The van der Waals surface area contributed by atoms with Gasteiger partial charge >= 0.3 is 11.9 Å². The zero-order valence-electron chi connectivity index (χ0n) is 25.3. The molecule has 0 aromatic heterocycles. The second kappa shape index (κ2) is 20.7. The Morgan fingerprint density at radius 1 is 0.841 bits per heavy atom. The molecule has 0 heterocycles. The van der Waals surface area contributed by atoms with Crippen molar-refractivity contribution >= 4 is 50.7 Å². The maximum atomic E-state index is 12.5. The van der Waals surface area contributed by atoms with Gasteiger partial charge < -0.3 is 19.9 Å². The number of phenolic OH excluding ortho intramolecular Hbond substituents is 1. The van der Waals surface area contributed by atoms with Crippen LogP contribution in [0.3, 0.4) is 0 Å². The van der Waals surface area contributed by atoms with Crippen LogP contribution in [0.5, 0.6) is 5.75 Å². The van der Waals surface area contributed by atoms with Gasteiger partial charge in [-0.2, -0.15) is 8.42 Å². The van der Waals surface area contributed by atoms with E-state index in [1.807, 2.05) is 0 Å². The molecular weight excluding hydrogens is 610 g/mol. The van der Waals surface area contributed by atoms with Gasteiger partial charge in [0.2, 0.25) is 0 Å². The lowest BCUT2D eigenvalue weighted by Gasteiger charge is -2.09. The van der Waals surface area contributed by atoms with E-state index in [0.717, 1.165) is 19.3 Å². The van der Waals surface area contributed by atoms with E-state index in [0.29, 0.717) is 18.0 Å². The van der Waals surface area contributed by atoms with Gasteiger partial charge in [0, 0.05) is 12.6 Å². The molecule has 244 valence electrons. The normalized spacial score (nSPS) is 11.5. The molecule has 2 aromatic rings. The van der Waals surface area contributed by atoms with Crippen LogP contribution < -0.4 is 5.32 Å². The highest BCUT2D eigenvalue weighted by atomic mass is 35.5. The number of anilines is 1. The number of phenols is 1. The molecule has 0 fully saturated rings. The van der Waals surface area contributed by atoms with E-state index in [2.05, 4.69) is 22.5 Å². The van der Waals surface area contributed by atoms with E-state index in [-0.39, 0.29) is 48.0 Å². The zero-order chi connectivity index (χ0) is 32.2. The summed E-state index contributed by atoms with van der Waals surface area (Å²) in [5.74, 6) is -1.55. The summed E-state index contributed by atoms with van der Waals surface area (Å²) in [6.07, 6.45) is 12.0. The average molecular weight is 654 g/mol. The van der Waals surface area contributed by atoms with Crippen molar-refractivity contribution in [3.63, 3.8) is 0 Å². The van der Waals surface area contributed by atoms with Crippen LogP contribution in [0.15, 0.2) is 46.6 Å². The van der Waals surface area contributed by atoms with Gasteiger partial charge in [-0.25, -0.2) is 4.79 Å².